The maximum Gasteiger partial charge on any atom is 0.250 e. The Morgan fingerprint density at radius 2 is 1.86 bits per heavy atom. The molecule has 0 saturated heterocycles. The molecule has 7 heteroatoms. The number of nitriles is 2. The molecule has 3 aromatic rings. The molecule has 6 nitrogen and oxygen atoms in total. The lowest BCUT2D eigenvalue weighted by molar-refractivity contribution is 0.1000. The number of carbonyl (C=O) groups excluding carboxylic acids is 1. The zero-order valence-electron chi connectivity index (χ0n) is 15.3. The Kier molecular flexibility index (Phi) is 5.17. The van der Waals surface area contributed by atoms with Crippen molar-refractivity contribution in [2.75, 3.05) is 0 Å². The van der Waals surface area contributed by atoms with Crippen molar-refractivity contribution in [2.45, 2.75) is 20.4 Å². The van der Waals surface area contributed by atoms with Crippen molar-refractivity contribution in [2.24, 2.45) is 5.73 Å². The smallest absolute Gasteiger partial charge is 0.250 e. The van der Waals surface area contributed by atoms with Crippen LogP contribution in [0.1, 0.15) is 38.4 Å². The van der Waals surface area contributed by atoms with E-state index in [1.54, 1.807) is 30.3 Å². The molecule has 1 heterocycles. The van der Waals surface area contributed by atoms with E-state index in [0.717, 1.165) is 28.1 Å². The summed E-state index contributed by atoms with van der Waals surface area (Å²) in [6.07, 6.45) is 0. The average Bonchev–Trinajstić information content (AvgIpc) is 2.94. The van der Waals surface area contributed by atoms with E-state index in [-0.39, 0.29) is 11.1 Å². The van der Waals surface area contributed by atoms with Crippen LogP contribution >= 0.6 is 11.6 Å². The monoisotopic (exact) mass is 389 g/mol. The summed E-state index contributed by atoms with van der Waals surface area (Å²) in [7, 11) is 0. The van der Waals surface area contributed by atoms with Gasteiger partial charge in [-0.25, -0.2) is 0 Å². The van der Waals surface area contributed by atoms with Gasteiger partial charge < -0.3 is 5.73 Å². The molecule has 0 unspecified atom stereocenters. The third-order valence-corrected chi connectivity index (χ3v) is 4.87. The fourth-order valence-corrected chi connectivity index (χ4v) is 3.42. The normalized spacial score (nSPS) is 10.3. The minimum atomic E-state index is -0.630. The van der Waals surface area contributed by atoms with Gasteiger partial charge in [-0.15, -0.1) is 0 Å². The molecule has 1 amide bonds. The van der Waals surface area contributed by atoms with E-state index in [9.17, 15) is 10.1 Å². The SMILES string of the molecule is Cc1nn(Cc2ccc(C(N)=O)c(C#N)c2)c(C)c1-c1ccc(C#N)c(Cl)c1. The standard InChI is InChI=1S/C21H16ClN5O/c1-12-20(15-4-5-16(9-23)19(22)8-15)13(2)27(26-12)11-14-3-6-18(21(25)28)17(7-14)10-24/h3-8H,11H2,1-2H3,(H2,25,28). The van der Waals surface area contributed by atoms with Gasteiger partial charge in [0.05, 0.1) is 40.0 Å². The third kappa shape index (κ3) is 3.46. The molecule has 2 N–H and O–H groups in total. The number of benzene rings is 2. The molecule has 0 aliphatic rings. The Balaban J connectivity index is 1.99. The van der Waals surface area contributed by atoms with Crippen LogP contribution in [0.3, 0.4) is 0 Å². The molecule has 0 radical (unpaired) electrons. The van der Waals surface area contributed by atoms with Gasteiger partial charge in [0.2, 0.25) is 5.91 Å². The number of amides is 1. The van der Waals surface area contributed by atoms with Crippen LogP contribution < -0.4 is 5.73 Å². The van der Waals surface area contributed by atoms with Crippen LogP contribution in [0, 0.1) is 36.5 Å². The molecule has 2 aromatic carbocycles. The first kappa shape index (κ1) is 19.2. The highest BCUT2D eigenvalue weighted by molar-refractivity contribution is 6.32. The van der Waals surface area contributed by atoms with E-state index in [1.807, 2.05) is 30.7 Å². The number of aromatic nitrogens is 2. The third-order valence-electron chi connectivity index (χ3n) is 4.56. The highest BCUT2D eigenvalue weighted by Gasteiger charge is 2.16. The molecular formula is C21H16ClN5O. The van der Waals surface area contributed by atoms with Crippen molar-refractivity contribution in [3.05, 3.63) is 75.1 Å². The Labute approximate surface area is 167 Å². The topological polar surface area (TPSA) is 108 Å². The number of nitrogens with two attached hydrogens (primary N) is 1. The van der Waals surface area contributed by atoms with Crippen molar-refractivity contribution in [1.82, 2.24) is 9.78 Å². The van der Waals surface area contributed by atoms with Crippen LogP contribution in [0.2, 0.25) is 5.02 Å². The van der Waals surface area contributed by atoms with Crippen LogP contribution in [0.4, 0.5) is 0 Å². The van der Waals surface area contributed by atoms with Gasteiger partial charge in [0, 0.05) is 11.3 Å². The Hall–Kier alpha value is -3.61. The molecule has 0 fully saturated rings. The predicted octanol–water partition coefficient (Wildman–Crippen LogP) is 3.71. The maximum absolute atomic E-state index is 11.4. The van der Waals surface area contributed by atoms with Crippen LogP contribution in [-0.2, 0) is 6.54 Å². The first-order valence-electron chi connectivity index (χ1n) is 8.42. The van der Waals surface area contributed by atoms with Gasteiger partial charge in [-0.1, -0.05) is 23.7 Å². The summed E-state index contributed by atoms with van der Waals surface area (Å²) in [5, 5.41) is 23.3. The van der Waals surface area contributed by atoms with Crippen molar-refractivity contribution in [3.63, 3.8) is 0 Å². The fourth-order valence-electron chi connectivity index (χ4n) is 3.20. The van der Waals surface area contributed by atoms with Crippen molar-refractivity contribution >= 4 is 17.5 Å². The summed E-state index contributed by atoms with van der Waals surface area (Å²) < 4.78 is 1.83. The van der Waals surface area contributed by atoms with E-state index in [2.05, 4.69) is 11.2 Å². The second-order valence-corrected chi connectivity index (χ2v) is 6.77. The quantitative estimate of drug-likeness (QED) is 0.733. The van der Waals surface area contributed by atoms with Gasteiger partial charge >= 0.3 is 0 Å². The summed E-state index contributed by atoms with van der Waals surface area (Å²) in [5.41, 5.74) is 10.6. The van der Waals surface area contributed by atoms with E-state index in [1.165, 1.54) is 0 Å². The largest absolute Gasteiger partial charge is 0.366 e. The number of rotatable bonds is 4. The molecule has 0 saturated carbocycles. The molecule has 0 aliphatic carbocycles. The summed E-state index contributed by atoms with van der Waals surface area (Å²) in [6, 6.07) is 14.3. The Morgan fingerprint density at radius 3 is 2.46 bits per heavy atom. The number of carbonyl (C=O) groups is 1. The van der Waals surface area contributed by atoms with Crippen LogP contribution in [0.5, 0.6) is 0 Å². The highest BCUT2D eigenvalue weighted by atomic mass is 35.5. The molecule has 0 atom stereocenters. The summed E-state index contributed by atoms with van der Waals surface area (Å²) in [5.74, 6) is -0.630. The van der Waals surface area contributed by atoms with Gasteiger partial charge in [-0.2, -0.15) is 15.6 Å². The second kappa shape index (κ2) is 7.56. The Bertz CT molecular complexity index is 1180. The molecule has 3 rings (SSSR count). The van der Waals surface area contributed by atoms with Gasteiger partial charge in [0.15, 0.2) is 0 Å². The molecule has 0 aliphatic heterocycles. The first-order valence-corrected chi connectivity index (χ1v) is 8.80. The lowest BCUT2D eigenvalue weighted by Crippen LogP contribution is -2.13. The molecule has 0 spiro atoms. The average molecular weight is 390 g/mol. The lowest BCUT2D eigenvalue weighted by Gasteiger charge is -2.08. The predicted molar refractivity (Wildman–Crippen MR) is 106 cm³/mol. The number of hydrogen-bond donors (Lipinski definition) is 1. The molecular weight excluding hydrogens is 374 g/mol. The van der Waals surface area contributed by atoms with Crippen LogP contribution in [-0.4, -0.2) is 15.7 Å². The zero-order valence-corrected chi connectivity index (χ0v) is 16.1. The van der Waals surface area contributed by atoms with Crippen molar-refractivity contribution in [3.8, 4) is 23.3 Å². The van der Waals surface area contributed by atoms with E-state index in [4.69, 9.17) is 22.6 Å². The minimum absolute atomic E-state index is 0.201. The number of aryl methyl sites for hydroxylation is 1. The maximum atomic E-state index is 11.4. The van der Waals surface area contributed by atoms with Gasteiger partial charge in [0.1, 0.15) is 6.07 Å². The lowest BCUT2D eigenvalue weighted by atomic mass is 10.0. The van der Waals surface area contributed by atoms with Crippen LogP contribution in [0.15, 0.2) is 36.4 Å². The summed E-state index contributed by atoms with van der Waals surface area (Å²) in [6.45, 7) is 4.29. The van der Waals surface area contributed by atoms with Gasteiger partial charge in [-0.3, -0.25) is 9.48 Å². The molecule has 0 bridgehead atoms. The van der Waals surface area contributed by atoms with Crippen molar-refractivity contribution in [1.29, 1.82) is 10.5 Å². The molecule has 1 aromatic heterocycles. The number of primary amides is 1. The number of nitrogens with zero attached hydrogens (tertiary/aromatic N) is 4. The zero-order chi connectivity index (χ0) is 20.4. The molecule has 28 heavy (non-hydrogen) atoms. The van der Waals surface area contributed by atoms with Gasteiger partial charge in [0.25, 0.3) is 0 Å². The molecule has 138 valence electrons. The second-order valence-electron chi connectivity index (χ2n) is 6.37. The van der Waals surface area contributed by atoms with Crippen molar-refractivity contribution < 1.29 is 4.79 Å². The van der Waals surface area contributed by atoms with E-state index in [0.29, 0.717) is 17.1 Å². The van der Waals surface area contributed by atoms with Crippen LogP contribution in [0.25, 0.3) is 11.1 Å². The van der Waals surface area contributed by atoms with E-state index >= 15 is 0 Å². The van der Waals surface area contributed by atoms with Gasteiger partial charge in [-0.05, 0) is 49.2 Å². The minimum Gasteiger partial charge on any atom is -0.366 e. The fraction of sp³-hybridized carbons (Fsp3) is 0.143. The Morgan fingerprint density at radius 1 is 1.14 bits per heavy atom. The summed E-state index contributed by atoms with van der Waals surface area (Å²) >= 11 is 6.18. The highest BCUT2D eigenvalue weighted by Crippen LogP contribution is 2.30. The number of hydrogen-bond acceptors (Lipinski definition) is 4. The first-order chi connectivity index (χ1) is 13.3. The number of halogens is 1. The summed E-state index contributed by atoms with van der Waals surface area (Å²) in [4.78, 5) is 11.4. The van der Waals surface area contributed by atoms with E-state index < -0.39 is 5.91 Å².